The van der Waals surface area contributed by atoms with Gasteiger partial charge in [0.15, 0.2) is 11.5 Å². The van der Waals surface area contributed by atoms with E-state index < -0.39 is 0 Å². The predicted octanol–water partition coefficient (Wildman–Crippen LogP) is 4.90. The maximum absolute atomic E-state index is 12.3. The predicted molar refractivity (Wildman–Crippen MR) is 116 cm³/mol. The van der Waals surface area contributed by atoms with Crippen molar-refractivity contribution in [2.45, 2.75) is 26.4 Å². The minimum Gasteiger partial charge on any atom is -0.493 e. The van der Waals surface area contributed by atoms with Crippen molar-refractivity contribution in [2.24, 2.45) is 0 Å². The van der Waals surface area contributed by atoms with E-state index in [0.717, 1.165) is 22.0 Å². The number of hydrogen-bond donors (Lipinski definition) is 0. The zero-order valence-electron chi connectivity index (χ0n) is 17.5. The third kappa shape index (κ3) is 4.94. The number of benzene rings is 2. The number of aryl methyl sites for hydroxylation is 2. The minimum atomic E-state index is -0.330. The van der Waals surface area contributed by atoms with Crippen LogP contribution in [0, 0.1) is 6.92 Å². The molecule has 30 heavy (non-hydrogen) atoms. The zero-order chi connectivity index (χ0) is 21.7. The van der Waals surface area contributed by atoms with Crippen LogP contribution in [0.1, 0.15) is 23.1 Å². The average Bonchev–Trinajstić information content (AvgIpc) is 2.75. The molecule has 6 nitrogen and oxygen atoms in total. The first-order valence-electron chi connectivity index (χ1n) is 9.45. The Labute approximate surface area is 180 Å². The van der Waals surface area contributed by atoms with Crippen molar-refractivity contribution in [1.82, 2.24) is 4.98 Å². The third-order valence-corrected chi connectivity index (χ3v) is 5.06. The van der Waals surface area contributed by atoms with Gasteiger partial charge in [0.05, 0.1) is 26.8 Å². The maximum Gasteiger partial charge on any atom is 0.306 e. The van der Waals surface area contributed by atoms with Gasteiger partial charge in [0, 0.05) is 17.4 Å². The Balaban J connectivity index is 1.63. The summed E-state index contributed by atoms with van der Waals surface area (Å²) in [5.41, 5.74) is 3.48. The molecule has 7 heteroatoms. The Morgan fingerprint density at radius 2 is 1.70 bits per heavy atom. The number of methoxy groups -OCH3 is 3. The number of esters is 1. The third-order valence-electron chi connectivity index (χ3n) is 4.73. The van der Waals surface area contributed by atoms with Gasteiger partial charge in [-0.2, -0.15) is 0 Å². The zero-order valence-corrected chi connectivity index (χ0v) is 18.2. The molecule has 0 aliphatic carbocycles. The molecular weight excluding hydrogens is 406 g/mol. The molecule has 0 spiro atoms. The van der Waals surface area contributed by atoms with E-state index >= 15 is 0 Å². The molecule has 0 amide bonds. The second kappa shape index (κ2) is 9.67. The number of fused-ring (bicyclic) bond motifs is 1. The molecule has 3 rings (SSSR count). The Hall–Kier alpha value is -2.99. The van der Waals surface area contributed by atoms with Crippen LogP contribution in [-0.2, 0) is 22.6 Å². The number of aromatic nitrogens is 1. The van der Waals surface area contributed by atoms with Gasteiger partial charge in [-0.15, -0.1) is 0 Å². The summed E-state index contributed by atoms with van der Waals surface area (Å²) < 4.78 is 21.4. The molecule has 0 aliphatic rings. The number of pyridine rings is 1. The number of carbonyl (C=O) groups excluding carboxylic acids is 1. The summed E-state index contributed by atoms with van der Waals surface area (Å²) in [5.74, 6) is 1.28. The standard InChI is InChI=1S/C23H24ClNO5/c1-14-5-7-16-12-17(23(24)25-18(16)9-14)13-30-21(26)8-6-15-10-19(27-2)22(29-4)20(11-15)28-3/h5,7,9-12H,6,8,13H2,1-4H3. The molecule has 0 radical (unpaired) electrons. The SMILES string of the molecule is COc1cc(CCC(=O)OCc2cc3ccc(C)cc3nc2Cl)cc(OC)c1OC. The van der Waals surface area contributed by atoms with Crippen LogP contribution < -0.4 is 14.2 Å². The van der Waals surface area contributed by atoms with Gasteiger partial charge in [-0.25, -0.2) is 4.98 Å². The molecule has 0 saturated heterocycles. The Bertz CT molecular complexity index is 1040. The smallest absolute Gasteiger partial charge is 0.306 e. The van der Waals surface area contributed by atoms with Crippen molar-refractivity contribution < 1.29 is 23.7 Å². The summed E-state index contributed by atoms with van der Waals surface area (Å²) >= 11 is 6.27. The summed E-state index contributed by atoms with van der Waals surface area (Å²) in [4.78, 5) is 16.7. The van der Waals surface area contributed by atoms with Gasteiger partial charge in [-0.3, -0.25) is 4.79 Å². The van der Waals surface area contributed by atoms with E-state index in [1.807, 2.05) is 43.3 Å². The normalized spacial score (nSPS) is 10.7. The van der Waals surface area contributed by atoms with E-state index in [1.54, 1.807) is 21.3 Å². The van der Waals surface area contributed by atoms with Crippen LogP contribution in [0.15, 0.2) is 36.4 Å². The topological polar surface area (TPSA) is 66.9 Å². The molecule has 0 bridgehead atoms. The first-order chi connectivity index (χ1) is 14.4. The van der Waals surface area contributed by atoms with Crippen LogP contribution in [0.25, 0.3) is 10.9 Å². The molecule has 0 N–H and O–H groups in total. The van der Waals surface area contributed by atoms with Crippen LogP contribution in [0.5, 0.6) is 17.2 Å². The van der Waals surface area contributed by atoms with Crippen LogP contribution in [0.3, 0.4) is 0 Å². The summed E-state index contributed by atoms with van der Waals surface area (Å²) in [6, 6.07) is 11.5. The summed E-state index contributed by atoms with van der Waals surface area (Å²) in [5, 5.41) is 1.29. The second-order valence-electron chi connectivity index (χ2n) is 6.83. The van der Waals surface area contributed by atoms with E-state index in [4.69, 9.17) is 30.5 Å². The maximum atomic E-state index is 12.3. The second-order valence-corrected chi connectivity index (χ2v) is 7.19. The lowest BCUT2D eigenvalue weighted by Gasteiger charge is -2.14. The molecular formula is C23H24ClNO5. The number of nitrogens with zero attached hydrogens (tertiary/aromatic N) is 1. The van der Waals surface area contributed by atoms with Gasteiger partial charge < -0.3 is 18.9 Å². The highest BCUT2D eigenvalue weighted by Crippen LogP contribution is 2.38. The van der Waals surface area contributed by atoms with Crippen LogP contribution >= 0.6 is 11.6 Å². The van der Waals surface area contributed by atoms with Gasteiger partial charge in [-0.05, 0) is 48.7 Å². The number of rotatable bonds is 8. The van der Waals surface area contributed by atoms with Gasteiger partial charge in [-0.1, -0.05) is 23.7 Å². The fraction of sp³-hybridized carbons (Fsp3) is 0.304. The lowest BCUT2D eigenvalue weighted by molar-refractivity contribution is -0.144. The number of halogens is 1. The van der Waals surface area contributed by atoms with E-state index in [9.17, 15) is 4.79 Å². The monoisotopic (exact) mass is 429 g/mol. The van der Waals surface area contributed by atoms with Crippen molar-refractivity contribution in [3.8, 4) is 17.2 Å². The molecule has 0 atom stereocenters. The lowest BCUT2D eigenvalue weighted by atomic mass is 10.1. The van der Waals surface area contributed by atoms with Gasteiger partial charge in [0.2, 0.25) is 5.75 Å². The van der Waals surface area contributed by atoms with E-state index in [0.29, 0.717) is 34.4 Å². The van der Waals surface area contributed by atoms with E-state index in [2.05, 4.69) is 4.98 Å². The highest BCUT2D eigenvalue weighted by atomic mass is 35.5. The molecule has 1 heterocycles. The largest absolute Gasteiger partial charge is 0.493 e. The van der Waals surface area contributed by atoms with Gasteiger partial charge in [0.25, 0.3) is 0 Å². The Morgan fingerprint density at radius 3 is 2.33 bits per heavy atom. The van der Waals surface area contributed by atoms with Crippen molar-refractivity contribution in [2.75, 3.05) is 21.3 Å². The molecule has 0 aliphatic heterocycles. The fourth-order valence-electron chi connectivity index (χ4n) is 3.16. The highest BCUT2D eigenvalue weighted by Gasteiger charge is 2.15. The number of hydrogen-bond acceptors (Lipinski definition) is 6. The minimum absolute atomic E-state index is 0.0732. The molecule has 158 valence electrons. The van der Waals surface area contributed by atoms with Gasteiger partial charge >= 0.3 is 5.97 Å². The molecule has 0 unspecified atom stereocenters. The summed E-state index contributed by atoms with van der Waals surface area (Å²) in [6.45, 7) is 2.07. The van der Waals surface area contributed by atoms with Crippen molar-refractivity contribution in [1.29, 1.82) is 0 Å². The van der Waals surface area contributed by atoms with E-state index in [1.165, 1.54) is 0 Å². The van der Waals surface area contributed by atoms with E-state index in [-0.39, 0.29) is 19.0 Å². The Kier molecular flexibility index (Phi) is 7.00. The quantitative estimate of drug-likeness (QED) is 0.375. The summed E-state index contributed by atoms with van der Waals surface area (Å²) in [6.07, 6.45) is 0.676. The molecule has 2 aromatic carbocycles. The first-order valence-corrected chi connectivity index (χ1v) is 9.83. The molecule has 3 aromatic rings. The average molecular weight is 430 g/mol. The van der Waals surface area contributed by atoms with Crippen molar-refractivity contribution in [3.05, 3.63) is 58.2 Å². The number of carbonyl (C=O) groups is 1. The van der Waals surface area contributed by atoms with Crippen molar-refractivity contribution >= 4 is 28.5 Å². The van der Waals surface area contributed by atoms with Crippen LogP contribution in [0.2, 0.25) is 5.15 Å². The van der Waals surface area contributed by atoms with Crippen molar-refractivity contribution in [3.63, 3.8) is 0 Å². The summed E-state index contributed by atoms with van der Waals surface area (Å²) in [7, 11) is 4.65. The number of ether oxygens (including phenoxy) is 4. The van der Waals surface area contributed by atoms with Gasteiger partial charge in [0.1, 0.15) is 11.8 Å². The Morgan fingerprint density at radius 1 is 1.00 bits per heavy atom. The fourth-order valence-corrected chi connectivity index (χ4v) is 3.36. The molecule has 1 aromatic heterocycles. The molecule has 0 fully saturated rings. The van der Waals surface area contributed by atoms with Crippen LogP contribution in [0.4, 0.5) is 0 Å². The first kappa shape index (κ1) is 21.7. The lowest BCUT2D eigenvalue weighted by Crippen LogP contribution is -2.07. The highest BCUT2D eigenvalue weighted by molar-refractivity contribution is 6.30. The molecule has 0 saturated carbocycles. The van der Waals surface area contributed by atoms with Crippen LogP contribution in [-0.4, -0.2) is 32.3 Å².